The quantitative estimate of drug-likeness (QED) is 0.257. The van der Waals surface area contributed by atoms with Crippen LogP contribution < -0.4 is 4.74 Å². The van der Waals surface area contributed by atoms with Crippen molar-refractivity contribution >= 4 is 45.2 Å². The molecule has 0 aliphatic rings. The lowest BCUT2D eigenvalue weighted by Gasteiger charge is -2.10. The Morgan fingerprint density at radius 3 is 2.48 bits per heavy atom. The molecular formula is C20H24I2O. The van der Waals surface area contributed by atoms with Crippen LogP contribution in [0.5, 0.6) is 5.75 Å². The van der Waals surface area contributed by atoms with E-state index in [-0.39, 0.29) is 0 Å². The maximum atomic E-state index is 5.73. The Morgan fingerprint density at radius 1 is 1.00 bits per heavy atom. The van der Waals surface area contributed by atoms with E-state index in [1.165, 1.54) is 40.4 Å². The lowest BCUT2D eigenvalue weighted by atomic mass is 10.0. The van der Waals surface area contributed by atoms with Crippen LogP contribution in [0.1, 0.15) is 31.7 Å². The van der Waals surface area contributed by atoms with Crippen molar-refractivity contribution in [1.29, 1.82) is 0 Å². The third kappa shape index (κ3) is 6.61. The zero-order valence-corrected chi connectivity index (χ0v) is 17.9. The van der Waals surface area contributed by atoms with Crippen LogP contribution in [0.15, 0.2) is 48.5 Å². The molecule has 1 atom stereocenters. The first-order valence-corrected chi connectivity index (χ1v) is 11.0. The summed E-state index contributed by atoms with van der Waals surface area (Å²) >= 11 is 5.04. The highest BCUT2D eigenvalue weighted by atomic mass is 127. The van der Waals surface area contributed by atoms with Crippen LogP contribution in [0.2, 0.25) is 0 Å². The molecule has 0 amide bonds. The fourth-order valence-electron chi connectivity index (χ4n) is 2.44. The van der Waals surface area contributed by atoms with Crippen molar-refractivity contribution < 1.29 is 4.74 Å². The van der Waals surface area contributed by atoms with E-state index in [0.29, 0.717) is 0 Å². The molecule has 1 unspecified atom stereocenters. The summed E-state index contributed by atoms with van der Waals surface area (Å²) in [6, 6.07) is 17.4. The van der Waals surface area contributed by atoms with Crippen LogP contribution >= 0.6 is 45.2 Å². The zero-order chi connectivity index (χ0) is 16.5. The van der Waals surface area contributed by atoms with Gasteiger partial charge in [0.05, 0.1) is 6.61 Å². The largest absolute Gasteiger partial charge is 0.494 e. The second-order valence-corrected chi connectivity index (χ2v) is 8.53. The Bertz CT molecular complexity index is 580. The summed E-state index contributed by atoms with van der Waals surface area (Å²) in [4.78, 5) is 0. The second kappa shape index (κ2) is 10.5. The molecule has 2 aromatic rings. The van der Waals surface area contributed by atoms with E-state index in [1.807, 2.05) is 6.07 Å². The topological polar surface area (TPSA) is 9.23 Å². The molecule has 23 heavy (non-hydrogen) atoms. The van der Waals surface area contributed by atoms with Gasteiger partial charge in [-0.3, -0.25) is 0 Å². The molecule has 1 nitrogen and oxygen atoms in total. The van der Waals surface area contributed by atoms with Gasteiger partial charge in [-0.05, 0) is 54.5 Å². The minimum Gasteiger partial charge on any atom is -0.494 e. The lowest BCUT2D eigenvalue weighted by Crippen LogP contribution is -2.00. The molecule has 0 aliphatic heterocycles. The van der Waals surface area contributed by atoms with Crippen LogP contribution in [0, 0.1) is 0 Å². The van der Waals surface area contributed by atoms with Gasteiger partial charge < -0.3 is 4.74 Å². The van der Waals surface area contributed by atoms with Crippen molar-refractivity contribution in [2.75, 3.05) is 11.0 Å². The van der Waals surface area contributed by atoms with Gasteiger partial charge in [0.15, 0.2) is 0 Å². The minimum atomic E-state index is 0.775. The average Bonchev–Trinajstić information content (AvgIpc) is 2.59. The Hall–Kier alpha value is -0.300. The molecule has 0 aliphatic carbocycles. The molecule has 0 spiro atoms. The van der Waals surface area contributed by atoms with E-state index in [9.17, 15) is 0 Å². The highest BCUT2D eigenvalue weighted by Crippen LogP contribution is 2.25. The number of hydrogen-bond acceptors (Lipinski definition) is 1. The van der Waals surface area contributed by atoms with Crippen molar-refractivity contribution in [3.05, 3.63) is 54.1 Å². The van der Waals surface area contributed by atoms with Gasteiger partial charge in [0.2, 0.25) is 0 Å². The van der Waals surface area contributed by atoms with Crippen LogP contribution in [0.3, 0.4) is 0 Å². The summed E-state index contributed by atoms with van der Waals surface area (Å²) in [5, 5.41) is 0. The average molecular weight is 534 g/mol. The van der Waals surface area contributed by atoms with Crippen LogP contribution in [0.4, 0.5) is 0 Å². The molecule has 0 fully saturated rings. The van der Waals surface area contributed by atoms with Crippen molar-refractivity contribution in [1.82, 2.24) is 0 Å². The Balaban J connectivity index is 1.99. The summed E-state index contributed by atoms with van der Waals surface area (Å²) in [5.41, 5.74) is 3.91. The van der Waals surface area contributed by atoms with Crippen LogP contribution in [0.25, 0.3) is 11.1 Å². The summed E-state index contributed by atoms with van der Waals surface area (Å²) in [6.45, 7) is 2.90. The summed E-state index contributed by atoms with van der Waals surface area (Å²) < 4.78 is 7.77. The van der Waals surface area contributed by atoms with Crippen molar-refractivity contribution in [2.24, 2.45) is 0 Å². The van der Waals surface area contributed by atoms with Crippen molar-refractivity contribution in [3.8, 4) is 16.9 Å². The molecule has 3 heteroatoms. The van der Waals surface area contributed by atoms with Gasteiger partial charge in [0.1, 0.15) is 5.75 Å². The van der Waals surface area contributed by atoms with Gasteiger partial charge in [0, 0.05) is 8.35 Å². The van der Waals surface area contributed by atoms with E-state index >= 15 is 0 Å². The predicted octanol–water partition coefficient (Wildman–Crippen LogP) is 6.70. The smallest absolute Gasteiger partial charge is 0.119 e. The standard InChI is InChI=1S/C20H24I2O/c1-2-14-23-20-5-3-4-18(15-20)17-9-6-16(7-10-17)8-11-19(22)12-13-21/h3-7,9-10,15,19H,2,8,11-14H2,1H3. The second-order valence-electron chi connectivity index (χ2n) is 5.69. The maximum absolute atomic E-state index is 5.73. The molecule has 0 saturated carbocycles. The molecule has 0 heterocycles. The number of halogens is 2. The molecule has 2 rings (SSSR count). The predicted molar refractivity (Wildman–Crippen MR) is 117 cm³/mol. The van der Waals surface area contributed by atoms with Gasteiger partial charge in [-0.2, -0.15) is 0 Å². The van der Waals surface area contributed by atoms with E-state index in [1.54, 1.807) is 0 Å². The van der Waals surface area contributed by atoms with Crippen LogP contribution in [-0.2, 0) is 6.42 Å². The number of alkyl halides is 2. The fourth-order valence-corrected chi connectivity index (χ4v) is 5.00. The number of ether oxygens (including phenoxy) is 1. The third-order valence-electron chi connectivity index (χ3n) is 3.76. The molecule has 0 N–H and O–H groups in total. The normalized spacial score (nSPS) is 12.1. The third-order valence-corrected chi connectivity index (χ3v) is 5.63. The van der Waals surface area contributed by atoms with Crippen molar-refractivity contribution in [2.45, 2.75) is 36.5 Å². The first-order valence-electron chi connectivity index (χ1n) is 8.25. The molecule has 0 aromatic heterocycles. The zero-order valence-electron chi connectivity index (χ0n) is 13.6. The first kappa shape index (κ1) is 19.0. The summed E-state index contributed by atoms with van der Waals surface area (Å²) in [7, 11) is 0. The Kier molecular flexibility index (Phi) is 8.72. The van der Waals surface area contributed by atoms with Gasteiger partial charge in [-0.1, -0.05) is 88.5 Å². The first-order chi connectivity index (χ1) is 11.2. The Morgan fingerprint density at radius 2 is 1.78 bits per heavy atom. The molecular weight excluding hydrogens is 510 g/mol. The van der Waals surface area contributed by atoms with Gasteiger partial charge >= 0.3 is 0 Å². The maximum Gasteiger partial charge on any atom is 0.119 e. The molecule has 0 radical (unpaired) electrons. The monoisotopic (exact) mass is 534 g/mol. The van der Waals surface area contributed by atoms with E-state index in [2.05, 4.69) is 94.6 Å². The van der Waals surface area contributed by atoms with Gasteiger partial charge in [0.25, 0.3) is 0 Å². The fraction of sp³-hybridized carbons (Fsp3) is 0.400. The summed E-state index contributed by atoms with van der Waals surface area (Å²) in [6.07, 6.45) is 4.78. The van der Waals surface area contributed by atoms with E-state index < -0.39 is 0 Å². The van der Waals surface area contributed by atoms with Crippen molar-refractivity contribution in [3.63, 3.8) is 0 Å². The molecule has 124 valence electrons. The number of rotatable bonds is 9. The number of aryl methyl sites for hydroxylation is 1. The summed E-state index contributed by atoms with van der Waals surface area (Å²) in [5.74, 6) is 0.958. The highest BCUT2D eigenvalue weighted by molar-refractivity contribution is 14.1. The van der Waals surface area contributed by atoms with Gasteiger partial charge in [-0.25, -0.2) is 0 Å². The number of hydrogen-bond donors (Lipinski definition) is 0. The van der Waals surface area contributed by atoms with Gasteiger partial charge in [-0.15, -0.1) is 0 Å². The molecule has 2 aromatic carbocycles. The Labute approximate surface area is 167 Å². The lowest BCUT2D eigenvalue weighted by molar-refractivity contribution is 0.317. The highest BCUT2D eigenvalue weighted by Gasteiger charge is 2.05. The molecule has 0 bridgehead atoms. The van der Waals surface area contributed by atoms with E-state index in [4.69, 9.17) is 4.74 Å². The van der Waals surface area contributed by atoms with Crippen LogP contribution in [-0.4, -0.2) is 15.0 Å². The SMILES string of the molecule is CCCOc1cccc(-c2ccc(CCC(I)CCI)cc2)c1. The van der Waals surface area contributed by atoms with E-state index in [0.717, 1.165) is 22.7 Å². The number of benzene rings is 2. The minimum absolute atomic E-state index is 0.775. The molecule has 0 saturated heterocycles.